The van der Waals surface area contributed by atoms with Gasteiger partial charge in [0.2, 0.25) is 5.91 Å². The molecule has 1 amide bonds. The van der Waals surface area contributed by atoms with Crippen molar-refractivity contribution in [1.29, 1.82) is 0 Å². The Morgan fingerprint density at radius 3 is 2.77 bits per heavy atom. The first-order valence-electron chi connectivity index (χ1n) is 7.38. The maximum atomic E-state index is 12.3. The van der Waals surface area contributed by atoms with E-state index in [0.717, 1.165) is 49.0 Å². The fourth-order valence-corrected chi connectivity index (χ4v) is 3.42. The van der Waals surface area contributed by atoms with Gasteiger partial charge < -0.3 is 9.80 Å². The molecule has 0 aliphatic carbocycles. The summed E-state index contributed by atoms with van der Waals surface area (Å²) in [7, 11) is 0. The largest absolute Gasteiger partial charge is 0.368 e. The van der Waals surface area contributed by atoms with Gasteiger partial charge in [-0.3, -0.25) is 4.79 Å². The number of amides is 1. The van der Waals surface area contributed by atoms with Crippen LogP contribution in [0.3, 0.4) is 0 Å². The second-order valence-electron chi connectivity index (χ2n) is 5.33. The molecule has 4 nitrogen and oxygen atoms in total. The number of halogens is 1. The van der Waals surface area contributed by atoms with Crippen molar-refractivity contribution in [3.63, 3.8) is 0 Å². The molecular formula is C16H18ClN3OS. The van der Waals surface area contributed by atoms with Crippen LogP contribution in [-0.2, 0) is 11.2 Å². The fourth-order valence-electron chi connectivity index (χ4n) is 2.64. The molecule has 0 saturated carbocycles. The van der Waals surface area contributed by atoms with Crippen molar-refractivity contribution < 1.29 is 4.79 Å². The highest BCUT2D eigenvalue weighted by Gasteiger charge is 2.21. The molecular weight excluding hydrogens is 318 g/mol. The number of carbonyl (C=O) groups excluding carboxylic acids is 1. The van der Waals surface area contributed by atoms with Gasteiger partial charge in [-0.2, -0.15) is 0 Å². The van der Waals surface area contributed by atoms with Gasteiger partial charge >= 0.3 is 0 Å². The lowest BCUT2D eigenvalue weighted by molar-refractivity contribution is -0.131. The van der Waals surface area contributed by atoms with Crippen molar-refractivity contribution >= 4 is 34.5 Å². The van der Waals surface area contributed by atoms with Crippen molar-refractivity contribution in [2.45, 2.75) is 12.8 Å². The van der Waals surface area contributed by atoms with Gasteiger partial charge in [-0.05, 0) is 24.6 Å². The summed E-state index contributed by atoms with van der Waals surface area (Å²) in [4.78, 5) is 20.7. The predicted molar refractivity (Wildman–Crippen MR) is 90.7 cm³/mol. The van der Waals surface area contributed by atoms with Crippen molar-refractivity contribution in [1.82, 2.24) is 9.88 Å². The second kappa shape index (κ2) is 7.11. The van der Waals surface area contributed by atoms with E-state index >= 15 is 0 Å². The number of anilines is 1. The Labute approximate surface area is 139 Å². The van der Waals surface area contributed by atoms with Crippen LogP contribution in [0.25, 0.3) is 0 Å². The average molecular weight is 336 g/mol. The monoisotopic (exact) mass is 335 g/mol. The van der Waals surface area contributed by atoms with Crippen LogP contribution in [-0.4, -0.2) is 42.0 Å². The molecule has 1 saturated heterocycles. The zero-order valence-corrected chi connectivity index (χ0v) is 13.8. The zero-order chi connectivity index (χ0) is 15.4. The lowest BCUT2D eigenvalue weighted by Gasteiger charge is -2.36. The average Bonchev–Trinajstić information content (AvgIpc) is 3.06. The van der Waals surface area contributed by atoms with Crippen LogP contribution in [0, 0.1) is 0 Å². The Bertz CT molecular complexity index is 624. The van der Waals surface area contributed by atoms with Gasteiger partial charge in [-0.25, -0.2) is 4.98 Å². The summed E-state index contributed by atoms with van der Waals surface area (Å²) in [5.74, 6) is 0.221. The Morgan fingerprint density at radius 2 is 2.09 bits per heavy atom. The van der Waals surface area contributed by atoms with Crippen molar-refractivity contribution in [2.75, 3.05) is 31.1 Å². The molecule has 22 heavy (non-hydrogen) atoms. The van der Waals surface area contributed by atoms with Gasteiger partial charge in [-0.1, -0.05) is 17.7 Å². The molecule has 0 bridgehead atoms. The third-order valence-electron chi connectivity index (χ3n) is 3.88. The highest BCUT2D eigenvalue weighted by molar-refractivity contribution is 7.07. The van der Waals surface area contributed by atoms with Crippen LogP contribution < -0.4 is 4.90 Å². The van der Waals surface area contributed by atoms with Gasteiger partial charge in [0, 0.05) is 48.7 Å². The van der Waals surface area contributed by atoms with E-state index in [4.69, 9.17) is 11.6 Å². The quantitative estimate of drug-likeness (QED) is 0.861. The van der Waals surface area contributed by atoms with Crippen LogP contribution in [0.5, 0.6) is 0 Å². The van der Waals surface area contributed by atoms with Gasteiger partial charge in [-0.15, -0.1) is 11.3 Å². The standard InChI is InChI=1S/C16H18ClN3OS/c17-13-2-1-3-15(10-13)19-6-8-20(9-7-19)16(21)5-4-14-11-22-12-18-14/h1-3,10-12H,4-9H2. The smallest absolute Gasteiger partial charge is 0.223 e. The van der Waals surface area contributed by atoms with E-state index in [1.165, 1.54) is 0 Å². The molecule has 0 unspecified atom stereocenters. The molecule has 1 fully saturated rings. The molecule has 116 valence electrons. The third kappa shape index (κ3) is 3.78. The van der Waals surface area contributed by atoms with Crippen LogP contribution in [0.1, 0.15) is 12.1 Å². The molecule has 0 radical (unpaired) electrons. The molecule has 1 aromatic carbocycles. The maximum absolute atomic E-state index is 12.3. The van der Waals surface area contributed by atoms with E-state index in [1.807, 2.05) is 34.0 Å². The van der Waals surface area contributed by atoms with Gasteiger partial charge in [0.25, 0.3) is 0 Å². The highest BCUT2D eigenvalue weighted by atomic mass is 35.5. The number of thiazole rings is 1. The minimum atomic E-state index is 0.221. The number of rotatable bonds is 4. The van der Waals surface area contributed by atoms with E-state index in [0.29, 0.717) is 6.42 Å². The van der Waals surface area contributed by atoms with Crippen molar-refractivity contribution in [2.24, 2.45) is 0 Å². The van der Waals surface area contributed by atoms with Gasteiger partial charge in [0.1, 0.15) is 0 Å². The number of nitrogens with zero attached hydrogens (tertiary/aromatic N) is 3. The fraction of sp³-hybridized carbons (Fsp3) is 0.375. The second-order valence-corrected chi connectivity index (χ2v) is 6.48. The molecule has 0 spiro atoms. The summed E-state index contributed by atoms with van der Waals surface area (Å²) in [6.07, 6.45) is 1.28. The summed E-state index contributed by atoms with van der Waals surface area (Å²) in [6, 6.07) is 7.87. The first-order chi connectivity index (χ1) is 10.7. The van der Waals surface area contributed by atoms with E-state index in [-0.39, 0.29) is 5.91 Å². The van der Waals surface area contributed by atoms with Crippen LogP contribution in [0.4, 0.5) is 5.69 Å². The van der Waals surface area contributed by atoms with Crippen LogP contribution in [0.15, 0.2) is 35.2 Å². The van der Waals surface area contributed by atoms with E-state index < -0.39 is 0 Å². The summed E-state index contributed by atoms with van der Waals surface area (Å²) in [5.41, 5.74) is 3.95. The number of aromatic nitrogens is 1. The number of hydrogen-bond donors (Lipinski definition) is 0. The summed E-state index contributed by atoms with van der Waals surface area (Å²) >= 11 is 7.61. The molecule has 1 aliphatic heterocycles. The molecule has 3 rings (SSSR count). The number of hydrogen-bond acceptors (Lipinski definition) is 4. The summed E-state index contributed by atoms with van der Waals surface area (Å²) in [5, 5.41) is 2.75. The molecule has 6 heteroatoms. The third-order valence-corrected chi connectivity index (χ3v) is 4.75. The lowest BCUT2D eigenvalue weighted by Crippen LogP contribution is -2.48. The Morgan fingerprint density at radius 1 is 1.27 bits per heavy atom. The van der Waals surface area contributed by atoms with Crippen LogP contribution in [0.2, 0.25) is 5.02 Å². The Hall–Kier alpha value is -1.59. The van der Waals surface area contributed by atoms with E-state index in [1.54, 1.807) is 11.3 Å². The molecule has 2 aromatic rings. The topological polar surface area (TPSA) is 36.4 Å². The van der Waals surface area contributed by atoms with E-state index in [2.05, 4.69) is 16.0 Å². The van der Waals surface area contributed by atoms with Gasteiger partial charge in [0.15, 0.2) is 0 Å². The minimum absolute atomic E-state index is 0.221. The first kappa shape index (κ1) is 15.3. The Balaban J connectivity index is 1.49. The lowest BCUT2D eigenvalue weighted by atomic mass is 10.2. The number of benzene rings is 1. The molecule has 0 atom stereocenters. The first-order valence-corrected chi connectivity index (χ1v) is 8.70. The SMILES string of the molecule is O=C(CCc1cscn1)N1CCN(c2cccc(Cl)c2)CC1. The molecule has 2 heterocycles. The van der Waals surface area contributed by atoms with Gasteiger partial charge in [0.05, 0.1) is 11.2 Å². The Kier molecular flexibility index (Phi) is 4.95. The highest BCUT2D eigenvalue weighted by Crippen LogP contribution is 2.21. The van der Waals surface area contributed by atoms with Crippen LogP contribution >= 0.6 is 22.9 Å². The zero-order valence-electron chi connectivity index (χ0n) is 12.2. The van der Waals surface area contributed by atoms with E-state index in [9.17, 15) is 4.79 Å². The van der Waals surface area contributed by atoms with Crippen molar-refractivity contribution in [3.8, 4) is 0 Å². The summed E-state index contributed by atoms with van der Waals surface area (Å²) < 4.78 is 0. The van der Waals surface area contributed by atoms with Crippen molar-refractivity contribution in [3.05, 3.63) is 45.9 Å². The number of carbonyl (C=O) groups is 1. The predicted octanol–water partition coefficient (Wildman–Crippen LogP) is 3.08. The number of aryl methyl sites for hydroxylation is 1. The summed E-state index contributed by atoms with van der Waals surface area (Å²) in [6.45, 7) is 3.23. The number of piperazine rings is 1. The molecule has 1 aliphatic rings. The minimum Gasteiger partial charge on any atom is -0.368 e. The maximum Gasteiger partial charge on any atom is 0.223 e. The molecule has 0 N–H and O–H groups in total. The molecule has 1 aromatic heterocycles. The normalized spacial score (nSPS) is 15.1.